The maximum Gasteiger partial charge on any atom is 0.412 e. The number of aryl methyl sites for hydroxylation is 1. The van der Waals surface area contributed by atoms with E-state index in [1.165, 1.54) is 4.90 Å². The fourth-order valence-corrected chi connectivity index (χ4v) is 3.78. The first-order chi connectivity index (χ1) is 17.9. The SMILES string of the molecule is Cc1c(NC(=O)OC(C)(C)C)ccc2nc(N(CCC(C)C)C(=O)N(C)CCc3ccncc3)oc(=O)c12. The van der Waals surface area contributed by atoms with Crippen molar-refractivity contribution in [2.45, 2.75) is 60.0 Å². The molecule has 3 amide bonds. The van der Waals surface area contributed by atoms with Gasteiger partial charge >= 0.3 is 23.8 Å². The highest BCUT2D eigenvalue weighted by atomic mass is 16.6. The van der Waals surface area contributed by atoms with Crippen molar-refractivity contribution in [3.8, 4) is 0 Å². The molecule has 0 aliphatic rings. The van der Waals surface area contributed by atoms with Gasteiger partial charge in [-0.15, -0.1) is 0 Å². The summed E-state index contributed by atoms with van der Waals surface area (Å²) in [6.07, 6.45) is 4.16. The van der Waals surface area contributed by atoms with Gasteiger partial charge in [0.25, 0.3) is 0 Å². The van der Waals surface area contributed by atoms with Crippen molar-refractivity contribution in [2.24, 2.45) is 5.92 Å². The number of nitrogens with one attached hydrogen (secondary N) is 1. The second kappa shape index (κ2) is 12.1. The van der Waals surface area contributed by atoms with Crippen LogP contribution in [0.15, 0.2) is 45.9 Å². The average molecular weight is 524 g/mol. The van der Waals surface area contributed by atoms with Gasteiger partial charge in [0, 0.05) is 38.2 Å². The Kier molecular flexibility index (Phi) is 9.08. The third-order valence-electron chi connectivity index (χ3n) is 5.89. The first-order valence-electron chi connectivity index (χ1n) is 12.7. The van der Waals surface area contributed by atoms with Crippen LogP contribution in [0.25, 0.3) is 10.9 Å². The number of ether oxygens (including phenoxy) is 1. The van der Waals surface area contributed by atoms with Gasteiger partial charge in [0.15, 0.2) is 0 Å². The van der Waals surface area contributed by atoms with E-state index < -0.39 is 17.3 Å². The van der Waals surface area contributed by atoms with Gasteiger partial charge in [-0.1, -0.05) is 13.8 Å². The van der Waals surface area contributed by atoms with Gasteiger partial charge in [0.1, 0.15) is 5.60 Å². The van der Waals surface area contributed by atoms with E-state index in [4.69, 9.17) is 9.15 Å². The van der Waals surface area contributed by atoms with Crippen LogP contribution in [0.3, 0.4) is 0 Å². The van der Waals surface area contributed by atoms with E-state index in [2.05, 4.69) is 29.1 Å². The van der Waals surface area contributed by atoms with E-state index in [0.717, 1.165) is 5.56 Å². The number of pyridine rings is 1. The van der Waals surface area contributed by atoms with Gasteiger partial charge < -0.3 is 14.1 Å². The molecule has 2 heterocycles. The summed E-state index contributed by atoms with van der Waals surface area (Å²) in [7, 11) is 1.71. The molecule has 0 unspecified atom stereocenters. The molecule has 0 radical (unpaired) electrons. The number of nitrogens with zero attached hydrogens (tertiary/aromatic N) is 4. The van der Waals surface area contributed by atoms with Crippen LogP contribution < -0.4 is 15.8 Å². The van der Waals surface area contributed by atoms with Crippen LogP contribution >= 0.6 is 0 Å². The molecule has 10 nitrogen and oxygen atoms in total. The number of aromatic nitrogens is 2. The summed E-state index contributed by atoms with van der Waals surface area (Å²) in [5.41, 5.74) is 1.03. The van der Waals surface area contributed by atoms with E-state index in [0.29, 0.717) is 48.6 Å². The Balaban J connectivity index is 1.89. The number of fused-ring (bicyclic) bond motifs is 1. The number of hydrogen-bond acceptors (Lipinski definition) is 7. The predicted molar refractivity (Wildman–Crippen MR) is 148 cm³/mol. The third kappa shape index (κ3) is 7.53. The lowest BCUT2D eigenvalue weighted by atomic mass is 10.1. The summed E-state index contributed by atoms with van der Waals surface area (Å²) in [5, 5.41) is 2.90. The highest BCUT2D eigenvalue weighted by Crippen LogP contribution is 2.25. The molecule has 0 aliphatic heterocycles. The van der Waals surface area contributed by atoms with E-state index in [9.17, 15) is 14.4 Å². The molecule has 0 aliphatic carbocycles. The van der Waals surface area contributed by atoms with Crippen LogP contribution in [-0.4, -0.2) is 52.7 Å². The minimum Gasteiger partial charge on any atom is -0.444 e. The Morgan fingerprint density at radius 2 is 1.79 bits per heavy atom. The number of carbonyl (C=O) groups is 2. The Morgan fingerprint density at radius 1 is 1.11 bits per heavy atom. The molecule has 1 aromatic carbocycles. The second-order valence-electron chi connectivity index (χ2n) is 10.7. The van der Waals surface area contributed by atoms with Crippen LogP contribution in [0.1, 0.15) is 52.2 Å². The molecular formula is C28H37N5O5. The third-order valence-corrected chi connectivity index (χ3v) is 5.89. The molecule has 2 aromatic heterocycles. The number of benzene rings is 1. The molecule has 38 heavy (non-hydrogen) atoms. The zero-order valence-corrected chi connectivity index (χ0v) is 23.2. The maximum absolute atomic E-state index is 13.5. The van der Waals surface area contributed by atoms with Gasteiger partial charge in [-0.25, -0.2) is 19.3 Å². The van der Waals surface area contributed by atoms with Crippen molar-refractivity contribution in [3.05, 3.63) is 58.2 Å². The van der Waals surface area contributed by atoms with Gasteiger partial charge in [-0.05, 0) is 81.8 Å². The highest BCUT2D eigenvalue weighted by molar-refractivity contribution is 5.94. The van der Waals surface area contributed by atoms with Crippen molar-refractivity contribution >= 4 is 34.7 Å². The summed E-state index contributed by atoms with van der Waals surface area (Å²) in [4.78, 5) is 50.4. The minimum absolute atomic E-state index is 0.0591. The zero-order valence-electron chi connectivity index (χ0n) is 23.2. The Hall–Kier alpha value is -3.95. The van der Waals surface area contributed by atoms with Crippen LogP contribution in [0.5, 0.6) is 0 Å². The number of rotatable bonds is 8. The molecule has 0 fully saturated rings. The van der Waals surface area contributed by atoms with Crippen molar-refractivity contribution < 1.29 is 18.7 Å². The minimum atomic E-state index is -0.665. The van der Waals surface area contributed by atoms with Gasteiger partial charge in [0.2, 0.25) is 0 Å². The standard InChI is InChI=1S/C28H37N5O5/c1-18(2)12-17-33(27(36)32(7)16-13-20-10-14-29-15-11-20)25-30-22-9-8-21(19(3)23(22)24(34)37-25)31-26(35)38-28(4,5)6/h8-11,14-15,18H,12-13,16-17H2,1-7H3,(H,31,35). The predicted octanol–water partition coefficient (Wildman–Crippen LogP) is 5.39. The summed E-state index contributed by atoms with van der Waals surface area (Å²) in [5.74, 6) is 0.323. The maximum atomic E-state index is 13.5. The van der Waals surface area contributed by atoms with E-state index in [-0.39, 0.29) is 17.4 Å². The van der Waals surface area contributed by atoms with Crippen LogP contribution in [0.2, 0.25) is 0 Å². The number of urea groups is 1. The highest BCUT2D eigenvalue weighted by Gasteiger charge is 2.25. The van der Waals surface area contributed by atoms with Crippen molar-refractivity contribution in [3.63, 3.8) is 0 Å². The Bertz CT molecular complexity index is 1330. The van der Waals surface area contributed by atoms with E-state index >= 15 is 0 Å². The Labute approximate surface area is 223 Å². The molecule has 0 bridgehead atoms. The van der Waals surface area contributed by atoms with E-state index in [1.807, 2.05) is 12.1 Å². The van der Waals surface area contributed by atoms with Gasteiger partial charge in [0.05, 0.1) is 10.9 Å². The Morgan fingerprint density at radius 3 is 2.42 bits per heavy atom. The zero-order chi connectivity index (χ0) is 28.0. The topological polar surface area (TPSA) is 118 Å². The summed E-state index contributed by atoms with van der Waals surface area (Å²) in [6, 6.07) is 6.72. The molecule has 3 rings (SSSR count). The van der Waals surface area contributed by atoms with Crippen molar-refractivity contribution in [1.82, 2.24) is 14.9 Å². The summed E-state index contributed by atoms with van der Waals surface area (Å²) >= 11 is 0. The lowest BCUT2D eigenvalue weighted by molar-refractivity contribution is 0.0635. The van der Waals surface area contributed by atoms with Gasteiger partial charge in [-0.3, -0.25) is 10.3 Å². The molecule has 204 valence electrons. The van der Waals surface area contributed by atoms with E-state index in [1.54, 1.807) is 64.2 Å². The molecule has 0 saturated carbocycles. The summed E-state index contributed by atoms with van der Waals surface area (Å²) in [6.45, 7) is 11.9. The molecule has 10 heteroatoms. The lowest BCUT2D eigenvalue weighted by Gasteiger charge is -2.27. The number of hydrogen-bond donors (Lipinski definition) is 1. The van der Waals surface area contributed by atoms with Crippen LogP contribution in [0.4, 0.5) is 21.3 Å². The normalized spacial score (nSPS) is 11.5. The molecular weight excluding hydrogens is 486 g/mol. The van der Waals surface area contributed by atoms with Gasteiger partial charge in [-0.2, -0.15) is 4.98 Å². The molecule has 0 spiro atoms. The van der Waals surface area contributed by atoms with Crippen LogP contribution in [0, 0.1) is 12.8 Å². The number of amides is 3. The fourth-order valence-electron chi connectivity index (χ4n) is 3.78. The van der Waals surface area contributed by atoms with Crippen molar-refractivity contribution in [1.29, 1.82) is 0 Å². The number of carbonyl (C=O) groups excluding carboxylic acids is 2. The molecule has 0 atom stereocenters. The first-order valence-corrected chi connectivity index (χ1v) is 12.7. The lowest BCUT2D eigenvalue weighted by Crippen LogP contribution is -2.43. The second-order valence-corrected chi connectivity index (χ2v) is 10.7. The van der Waals surface area contributed by atoms with Crippen LogP contribution in [-0.2, 0) is 11.2 Å². The fraction of sp³-hybridized carbons (Fsp3) is 0.464. The monoisotopic (exact) mass is 523 g/mol. The number of anilines is 2. The molecule has 0 saturated heterocycles. The molecule has 3 aromatic rings. The molecule has 1 N–H and O–H groups in total. The summed E-state index contributed by atoms with van der Waals surface area (Å²) < 4.78 is 10.9. The first kappa shape index (κ1) is 28.6. The quantitative estimate of drug-likeness (QED) is 0.421. The largest absolute Gasteiger partial charge is 0.444 e. The smallest absolute Gasteiger partial charge is 0.412 e. The average Bonchev–Trinajstić information content (AvgIpc) is 2.83. The van der Waals surface area contributed by atoms with Crippen molar-refractivity contribution in [2.75, 3.05) is 30.4 Å². The number of likely N-dealkylation sites (N-methyl/N-ethyl adjacent to an activating group) is 1.